The Kier molecular flexibility index (Phi) is 5.51. The smallest absolute Gasteiger partial charge is 0.126 e. The second-order valence-corrected chi connectivity index (χ2v) is 6.05. The lowest BCUT2D eigenvalue weighted by atomic mass is 9.98. The van der Waals surface area contributed by atoms with Crippen LogP contribution in [0.15, 0.2) is 36.4 Å². The molecule has 0 heterocycles. The summed E-state index contributed by atoms with van der Waals surface area (Å²) in [5, 5.41) is 4.83. The molecular formula is C17H19Cl2NO. The molecule has 0 aromatic heterocycles. The van der Waals surface area contributed by atoms with Gasteiger partial charge in [0.1, 0.15) is 5.75 Å². The fourth-order valence-electron chi connectivity index (χ4n) is 2.18. The highest BCUT2D eigenvalue weighted by Gasteiger charge is 2.12. The van der Waals surface area contributed by atoms with Gasteiger partial charge in [0.2, 0.25) is 0 Å². The highest BCUT2D eigenvalue weighted by atomic mass is 35.5. The number of methoxy groups -OCH3 is 1. The van der Waals surface area contributed by atoms with E-state index in [0.717, 1.165) is 34.0 Å². The van der Waals surface area contributed by atoms with Crippen molar-refractivity contribution in [1.82, 2.24) is 5.32 Å². The standard InChI is InChI=1S/C17H19Cl2NO/c1-11(2)20-10-12-8-13(18)4-6-15(12)16-9-14(19)5-7-17(16)21-3/h4-9,11,20H,10H2,1-3H3. The van der Waals surface area contributed by atoms with Crippen LogP contribution in [0.1, 0.15) is 19.4 Å². The van der Waals surface area contributed by atoms with E-state index in [2.05, 4.69) is 19.2 Å². The van der Waals surface area contributed by atoms with Crippen molar-refractivity contribution in [2.75, 3.05) is 7.11 Å². The Bertz CT molecular complexity index is 626. The molecule has 0 amide bonds. The number of rotatable bonds is 5. The molecule has 1 N–H and O–H groups in total. The molecule has 0 fully saturated rings. The zero-order valence-corrected chi connectivity index (χ0v) is 13.9. The van der Waals surface area contributed by atoms with Gasteiger partial charge < -0.3 is 10.1 Å². The summed E-state index contributed by atoms with van der Waals surface area (Å²) in [5.74, 6) is 0.799. The van der Waals surface area contributed by atoms with Gasteiger partial charge in [0, 0.05) is 28.2 Å². The zero-order valence-electron chi connectivity index (χ0n) is 12.4. The van der Waals surface area contributed by atoms with Gasteiger partial charge >= 0.3 is 0 Å². The van der Waals surface area contributed by atoms with Gasteiger partial charge in [-0.1, -0.05) is 43.1 Å². The number of nitrogens with one attached hydrogen (secondary N) is 1. The van der Waals surface area contributed by atoms with E-state index in [-0.39, 0.29) is 0 Å². The Morgan fingerprint density at radius 1 is 1.00 bits per heavy atom. The predicted octanol–water partition coefficient (Wildman–Crippen LogP) is 5.17. The molecule has 0 saturated heterocycles. The molecule has 21 heavy (non-hydrogen) atoms. The molecule has 0 radical (unpaired) electrons. The van der Waals surface area contributed by atoms with E-state index in [0.29, 0.717) is 11.1 Å². The monoisotopic (exact) mass is 323 g/mol. The van der Waals surface area contributed by atoms with Crippen molar-refractivity contribution in [3.63, 3.8) is 0 Å². The first kappa shape index (κ1) is 16.2. The van der Waals surface area contributed by atoms with Crippen LogP contribution in [0.4, 0.5) is 0 Å². The van der Waals surface area contributed by atoms with Gasteiger partial charge in [-0.25, -0.2) is 0 Å². The lowest BCUT2D eigenvalue weighted by Crippen LogP contribution is -2.22. The quantitative estimate of drug-likeness (QED) is 0.819. The first-order valence-corrected chi connectivity index (χ1v) is 7.62. The molecule has 0 aliphatic carbocycles. The largest absolute Gasteiger partial charge is 0.496 e. The van der Waals surface area contributed by atoms with Crippen molar-refractivity contribution >= 4 is 23.2 Å². The Balaban J connectivity index is 2.50. The van der Waals surface area contributed by atoms with E-state index >= 15 is 0 Å². The van der Waals surface area contributed by atoms with Gasteiger partial charge in [0.25, 0.3) is 0 Å². The summed E-state index contributed by atoms with van der Waals surface area (Å²) in [7, 11) is 1.66. The second-order valence-electron chi connectivity index (χ2n) is 5.18. The molecule has 2 rings (SSSR count). The molecule has 2 aromatic carbocycles. The summed E-state index contributed by atoms with van der Waals surface area (Å²) in [5.41, 5.74) is 3.17. The molecule has 112 valence electrons. The minimum absolute atomic E-state index is 0.401. The molecule has 0 unspecified atom stereocenters. The van der Waals surface area contributed by atoms with E-state index in [1.807, 2.05) is 36.4 Å². The third-order valence-electron chi connectivity index (χ3n) is 3.22. The van der Waals surface area contributed by atoms with Crippen LogP contribution >= 0.6 is 23.2 Å². The third-order valence-corrected chi connectivity index (χ3v) is 3.69. The highest BCUT2D eigenvalue weighted by Crippen LogP contribution is 2.35. The Hall–Kier alpha value is -1.22. The van der Waals surface area contributed by atoms with Crippen molar-refractivity contribution in [3.8, 4) is 16.9 Å². The maximum atomic E-state index is 6.14. The summed E-state index contributed by atoms with van der Waals surface area (Å²) < 4.78 is 5.45. The van der Waals surface area contributed by atoms with Gasteiger partial charge in [0.05, 0.1) is 7.11 Å². The van der Waals surface area contributed by atoms with E-state index in [4.69, 9.17) is 27.9 Å². The van der Waals surface area contributed by atoms with Crippen LogP contribution in [-0.4, -0.2) is 13.2 Å². The number of benzene rings is 2. The number of ether oxygens (including phenoxy) is 1. The van der Waals surface area contributed by atoms with Crippen molar-refractivity contribution in [1.29, 1.82) is 0 Å². The lowest BCUT2D eigenvalue weighted by Gasteiger charge is -2.16. The predicted molar refractivity (Wildman–Crippen MR) is 90.4 cm³/mol. The fraction of sp³-hybridized carbons (Fsp3) is 0.294. The summed E-state index contributed by atoms with van der Waals surface area (Å²) in [6.45, 7) is 4.97. The second kappa shape index (κ2) is 7.17. The van der Waals surface area contributed by atoms with Gasteiger partial charge in [-0.05, 0) is 41.5 Å². The molecule has 0 saturated carbocycles. The molecule has 2 nitrogen and oxygen atoms in total. The van der Waals surface area contributed by atoms with Crippen LogP contribution in [0.3, 0.4) is 0 Å². The molecule has 0 spiro atoms. The average Bonchev–Trinajstić information content (AvgIpc) is 2.45. The Morgan fingerprint density at radius 3 is 2.33 bits per heavy atom. The van der Waals surface area contributed by atoms with Crippen molar-refractivity contribution in [2.45, 2.75) is 26.4 Å². The van der Waals surface area contributed by atoms with Crippen molar-refractivity contribution in [3.05, 3.63) is 52.0 Å². The molecule has 0 aliphatic rings. The molecule has 0 bridgehead atoms. The van der Waals surface area contributed by atoms with Gasteiger partial charge in [-0.3, -0.25) is 0 Å². The van der Waals surface area contributed by atoms with Crippen LogP contribution in [-0.2, 0) is 6.54 Å². The number of halogens is 2. The van der Waals surface area contributed by atoms with E-state index in [9.17, 15) is 0 Å². The van der Waals surface area contributed by atoms with Crippen LogP contribution in [0, 0.1) is 0 Å². The topological polar surface area (TPSA) is 21.3 Å². The van der Waals surface area contributed by atoms with E-state index in [1.54, 1.807) is 7.11 Å². The molecule has 0 atom stereocenters. The fourth-order valence-corrected chi connectivity index (χ4v) is 2.54. The lowest BCUT2D eigenvalue weighted by molar-refractivity contribution is 0.416. The van der Waals surface area contributed by atoms with Gasteiger partial charge in [-0.15, -0.1) is 0 Å². The van der Waals surface area contributed by atoms with Crippen LogP contribution in [0.5, 0.6) is 5.75 Å². The average molecular weight is 324 g/mol. The number of hydrogen-bond acceptors (Lipinski definition) is 2. The minimum Gasteiger partial charge on any atom is -0.496 e. The van der Waals surface area contributed by atoms with E-state index < -0.39 is 0 Å². The first-order chi connectivity index (χ1) is 10.0. The van der Waals surface area contributed by atoms with Crippen LogP contribution in [0.25, 0.3) is 11.1 Å². The maximum absolute atomic E-state index is 6.14. The summed E-state index contributed by atoms with van der Waals surface area (Å²) in [6.07, 6.45) is 0. The highest BCUT2D eigenvalue weighted by molar-refractivity contribution is 6.31. The minimum atomic E-state index is 0.401. The Labute approximate surface area is 136 Å². The normalized spacial score (nSPS) is 11.0. The third kappa shape index (κ3) is 4.13. The Morgan fingerprint density at radius 2 is 1.67 bits per heavy atom. The summed E-state index contributed by atoms with van der Waals surface area (Å²) in [6, 6.07) is 11.9. The molecule has 2 aromatic rings. The first-order valence-electron chi connectivity index (χ1n) is 6.87. The molecule has 4 heteroatoms. The van der Waals surface area contributed by atoms with Crippen LogP contribution < -0.4 is 10.1 Å². The zero-order chi connectivity index (χ0) is 15.4. The van der Waals surface area contributed by atoms with Gasteiger partial charge in [-0.2, -0.15) is 0 Å². The molecular weight excluding hydrogens is 305 g/mol. The van der Waals surface area contributed by atoms with Crippen molar-refractivity contribution < 1.29 is 4.74 Å². The van der Waals surface area contributed by atoms with Gasteiger partial charge in [0.15, 0.2) is 0 Å². The maximum Gasteiger partial charge on any atom is 0.126 e. The number of hydrogen-bond donors (Lipinski definition) is 1. The van der Waals surface area contributed by atoms with E-state index in [1.165, 1.54) is 0 Å². The summed E-state index contributed by atoms with van der Waals surface area (Å²) >= 11 is 12.3. The van der Waals surface area contributed by atoms with Crippen molar-refractivity contribution in [2.24, 2.45) is 0 Å². The van der Waals surface area contributed by atoms with Crippen LogP contribution in [0.2, 0.25) is 10.0 Å². The molecule has 0 aliphatic heterocycles. The SMILES string of the molecule is COc1ccc(Cl)cc1-c1ccc(Cl)cc1CNC(C)C. The summed E-state index contributed by atoms with van der Waals surface area (Å²) in [4.78, 5) is 0.